The molecule has 1 saturated carbocycles. The van der Waals surface area contributed by atoms with Crippen LogP contribution in [0, 0.1) is 5.82 Å². The van der Waals surface area contributed by atoms with Crippen LogP contribution in [0.1, 0.15) is 18.4 Å². The zero-order valence-corrected chi connectivity index (χ0v) is 7.26. The lowest BCUT2D eigenvalue weighted by molar-refractivity contribution is 0.457. The fourth-order valence-electron chi connectivity index (χ4n) is 1.40. The lowest BCUT2D eigenvalue weighted by atomic mass is 10.0. The van der Waals surface area contributed by atoms with E-state index in [9.17, 15) is 9.50 Å². The molecule has 0 heterocycles. The van der Waals surface area contributed by atoms with E-state index >= 15 is 0 Å². The Morgan fingerprint density at radius 3 is 2.69 bits per heavy atom. The van der Waals surface area contributed by atoms with Gasteiger partial charge in [0.05, 0.1) is 0 Å². The molecule has 1 aromatic rings. The van der Waals surface area contributed by atoms with Gasteiger partial charge in [0.25, 0.3) is 0 Å². The summed E-state index contributed by atoms with van der Waals surface area (Å²) < 4.78 is 12.6. The number of halogens is 1. The number of rotatable bonds is 2. The highest BCUT2D eigenvalue weighted by molar-refractivity contribution is 5.35. The smallest absolute Gasteiger partial charge is 0.126 e. The Kier molecular flexibility index (Phi) is 1.77. The zero-order valence-electron chi connectivity index (χ0n) is 7.26. The van der Waals surface area contributed by atoms with E-state index in [0.717, 1.165) is 24.5 Å². The number of nitrogens with two attached hydrogens (primary N) is 1. The fourth-order valence-corrected chi connectivity index (χ4v) is 1.40. The second-order valence-corrected chi connectivity index (χ2v) is 3.81. The van der Waals surface area contributed by atoms with E-state index in [1.165, 1.54) is 6.07 Å². The summed E-state index contributed by atoms with van der Waals surface area (Å²) in [6, 6.07) is 4.07. The largest absolute Gasteiger partial charge is 0.508 e. The number of phenols is 1. The summed E-state index contributed by atoms with van der Waals surface area (Å²) >= 11 is 0. The van der Waals surface area contributed by atoms with Crippen LogP contribution in [0.5, 0.6) is 5.75 Å². The van der Waals surface area contributed by atoms with E-state index in [1.807, 2.05) is 0 Å². The van der Waals surface area contributed by atoms with Crippen LogP contribution in [0.25, 0.3) is 0 Å². The van der Waals surface area contributed by atoms with Gasteiger partial charge in [-0.15, -0.1) is 0 Å². The van der Waals surface area contributed by atoms with Crippen LogP contribution in [0.2, 0.25) is 0 Å². The summed E-state index contributed by atoms with van der Waals surface area (Å²) in [7, 11) is 0. The Hall–Kier alpha value is -1.09. The SMILES string of the molecule is NC1(Cc2ccc(F)cc2O)CC1. The van der Waals surface area contributed by atoms with E-state index in [0.29, 0.717) is 6.42 Å². The van der Waals surface area contributed by atoms with E-state index in [1.54, 1.807) is 6.07 Å². The number of hydrogen-bond donors (Lipinski definition) is 2. The molecule has 3 heteroatoms. The predicted octanol–water partition coefficient (Wildman–Crippen LogP) is 1.57. The van der Waals surface area contributed by atoms with Crippen molar-refractivity contribution in [3.8, 4) is 5.75 Å². The van der Waals surface area contributed by atoms with Crippen LogP contribution < -0.4 is 5.73 Å². The molecule has 0 unspecified atom stereocenters. The molecule has 2 nitrogen and oxygen atoms in total. The molecule has 0 spiro atoms. The van der Waals surface area contributed by atoms with Crippen molar-refractivity contribution in [3.05, 3.63) is 29.6 Å². The third-order valence-electron chi connectivity index (χ3n) is 2.48. The molecule has 0 aromatic heterocycles. The third-order valence-corrected chi connectivity index (χ3v) is 2.48. The van der Waals surface area contributed by atoms with Gasteiger partial charge >= 0.3 is 0 Å². The minimum absolute atomic E-state index is 0.0109. The third kappa shape index (κ3) is 1.80. The van der Waals surface area contributed by atoms with Gasteiger partial charge in [0.1, 0.15) is 11.6 Å². The van der Waals surface area contributed by atoms with Gasteiger partial charge in [-0.1, -0.05) is 6.07 Å². The Bertz CT molecular complexity index is 334. The lowest BCUT2D eigenvalue weighted by Gasteiger charge is -2.09. The number of phenolic OH excluding ortho intramolecular Hbond substituents is 1. The molecule has 0 amide bonds. The molecular formula is C10H12FNO. The molecule has 13 heavy (non-hydrogen) atoms. The van der Waals surface area contributed by atoms with Gasteiger partial charge in [-0.25, -0.2) is 4.39 Å². The van der Waals surface area contributed by atoms with E-state index in [4.69, 9.17) is 5.73 Å². The number of aromatic hydroxyl groups is 1. The van der Waals surface area contributed by atoms with Crippen molar-refractivity contribution in [2.45, 2.75) is 24.8 Å². The van der Waals surface area contributed by atoms with Gasteiger partial charge in [-0.3, -0.25) is 0 Å². The Balaban J connectivity index is 2.20. The molecule has 1 aliphatic carbocycles. The van der Waals surface area contributed by atoms with Crippen molar-refractivity contribution in [3.63, 3.8) is 0 Å². The van der Waals surface area contributed by atoms with Crippen molar-refractivity contribution in [2.24, 2.45) is 5.73 Å². The first kappa shape index (κ1) is 8.51. The first-order valence-electron chi connectivity index (χ1n) is 4.35. The fraction of sp³-hybridized carbons (Fsp3) is 0.400. The highest BCUT2D eigenvalue weighted by Gasteiger charge is 2.38. The molecule has 3 N–H and O–H groups in total. The lowest BCUT2D eigenvalue weighted by Crippen LogP contribution is -2.24. The van der Waals surface area contributed by atoms with Gasteiger partial charge in [-0.2, -0.15) is 0 Å². The van der Waals surface area contributed by atoms with Gasteiger partial charge in [0, 0.05) is 11.6 Å². The standard InChI is InChI=1S/C10H12FNO/c11-8-2-1-7(9(13)5-8)6-10(12)3-4-10/h1-2,5,13H,3-4,6,12H2. The molecular weight excluding hydrogens is 169 g/mol. The monoisotopic (exact) mass is 181 g/mol. The molecule has 0 saturated heterocycles. The van der Waals surface area contributed by atoms with Crippen LogP contribution in [0.4, 0.5) is 4.39 Å². The maximum Gasteiger partial charge on any atom is 0.126 e. The van der Waals surface area contributed by atoms with Gasteiger partial charge in [-0.05, 0) is 30.9 Å². The predicted molar refractivity (Wildman–Crippen MR) is 47.9 cm³/mol. The highest BCUT2D eigenvalue weighted by atomic mass is 19.1. The second kappa shape index (κ2) is 2.70. The maximum absolute atomic E-state index is 12.6. The van der Waals surface area contributed by atoms with E-state index < -0.39 is 5.82 Å². The minimum atomic E-state index is -0.414. The highest BCUT2D eigenvalue weighted by Crippen LogP contribution is 2.37. The van der Waals surface area contributed by atoms with E-state index in [-0.39, 0.29) is 11.3 Å². The summed E-state index contributed by atoms with van der Waals surface area (Å²) in [6.07, 6.45) is 2.62. The Labute approximate surface area is 76.2 Å². The van der Waals surface area contributed by atoms with Crippen LogP contribution in [-0.4, -0.2) is 10.6 Å². The van der Waals surface area contributed by atoms with Crippen molar-refractivity contribution in [1.29, 1.82) is 0 Å². The van der Waals surface area contributed by atoms with Crippen LogP contribution in [0.15, 0.2) is 18.2 Å². The Morgan fingerprint density at radius 2 is 2.15 bits per heavy atom. The molecule has 1 aromatic carbocycles. The summed E-state index contributed by atoms with van der Waals surface area (Å²) in [6.45, 7) is 0. The van der Waals surface area contributed by atoms with Gasteiger partial charge < -0.3 is 10.8 Å². The molecule has 2 rings (SSSR count). The molecule has 0 radical (unpaired) electrons. The summed E-state index contributed by atoms with van der Waals surface area (Å²) in [5.41, 5.74) is 6.47. The van der Waals surface area contributed by atoms with Crippen molar-refractivity contribution >= 4 is 0 Å². The number of benzene rings is 1. The molecule has 1 fully saturated rings. The zero-order chi connectivity index (χ0) is 9.47. The first-order valence-corrected chi connectivity index (χ1v) is 4.35. The summed E-state index contributed by atoms with van der Waals surface area (Å²) in [4.78, 5) is 0. The van der Waals surface area contributed by atoms with Crippen LogP contribution >= 0.6 is 0 Å². The first-order chi connectivity index (χ1) is 6.09. The van der Waals surface area contributed by atoms with Crippen molar-refractivity contribution in [1.82, 2.24) is 0 Å². The minimum Gasteiger partial charge on any atom is -0.508 e. The van der Waals surface area contributed by atoms with Crippen LogP contribution in [0.3, 0.4) is 0 Å². The van der Waals surface area contributed by atoms with Gasteiger partial charge in [0.15, 0.2) is 0 Å². The molecule has 0 bridgehead atoms. The molecule has 0 aliphatic heterocycles. The average Bonchev–Trinajstić information content (AvgIpc) is 2.75. The molecule has 0 atom stereocenters. The topological polar surface area (TPSA) is 46.2 Å². The maximum atomic E-state index is 12.6. The van der Waals surface area contributed by atoms with E-state index in [2.05, 4.69) is 0 Å². The quantitative estimate of drug-likeness (QED) is 0.727. The molecule has 70 valence electrons. The molecule has 1 aliphatic rings. The van der Waals surface area contributed by atoms with Crippen molar-refractivity contribution in [2.75, 3.05) is 0 Å². The summed E-state index contributed by atoms with van der Waals surface area (Å²) in [5.74, 6) is -0.403. The van der Waals surface area contributed by atoms with Crippen LogP contribution in [-0.2, 0) is 6.42 Å². The second-order valence-electron chi connectivity index (χ2n) is 3.81. The normalized spacial score (nSPS) is 18.6. The number of hydrogen-bond acceptors (Lipinski definition) is 2. The average molecular weight is 181 g/mol. The summed E-state index contributed by atoms with van der Waals surface area (Å²) in [5, 5.41) is 9.39. The van der Waals surface area contributed by atoms with Crippen molar-refractivity contribution < 1.29 is 9.50 Å². The van der Waals surface area contributed by atoms with Gasteiger partial charge in [0.2, 0.25) is 0 Å². The Morgan fingerprint density at radius 1 is 1.46 bits per heavy atom.